The molecule has 2 aromatic rings. The monoisotopic (exact) mass is 311 g/mol. The van der Waals surface area contributed by atoms with Crippen LogP contribution in [-0.4, -0.2) is 24.7 Å². The van der Waals surface area contributed by atoms with Crippen LogP contribution in [0.25, 0.3) is 0 Å². The predicted molar refractivity (Wildman–Crippen MR) is 86.1 cm³/mol. The first-order valence-electron chi connectivity index (χ1n) is 7.63. The lowest BCUT2D eigenvalue weighted by Gasteiger charge is -2.44. The van der Waals surface area contributed by atoms with Gasteiger partial charge in [0.1, 0.15) is 5.82 Å². The quantitative estimate of drug-likeness (QED) is 0.812. The second kappa shape index (κ2) is 5.38. The van der Waals surface area contributed by atoms with Gasteiger partial charge in [0, 0.05) is 30.6 Å². The van der Waals surface area contributed by atoms with Crippen molar-refractivity contribution >= 4 is 17.2 Å². The van der Waals surface area contributed by atoms with Crippen LogP contribution in [0.2, 0.25) is 0 Å². The third kappa shape index (κ3) is 2.20. The van der Waals surface area contributed by atoms with E-state index in [0.29, 0.717) is 5.56 Å². The highest BCUT2D eigenvalue weighted by molar-refractivity contribution is 7.10. The molecule has 1 fully saturated rings. The van der Waals surface area contributed by atoms with Crippen LogP contribution < -0.4 is 4.90 Å². The molecule has 0 bridgehead atoms. The van der Waals surface area contributed by atoms with E-state index in [9.17, 15) is 0 Å². The Morgan fingerprint density at radius 1 is 1.32 bits per heavy atom. The van der Waals surface area contributed by atoms with Crippen molar-refractivity contribution in [3.8, 4) is 6.07 Å². The van der Waals surface area contributed by atoms with Crippen molar-refractivity contribution < 1.29 is 4.74 Å². The van der Waals surface area contributed by atoms with Gasteiger partial charge in [0.25, 0.3) is 0 Å². The maximum Gasteiger partial charge on any atom is 0.129 e. The van der Waals surface area contributed by atoms with Gasteiger partial charge in [-0.05, 0) is 42.0 Å². The van der Waals surface area contributed by atoms with Gasteiger partial charge in [0.15, 0.2) is 0 Å². The molecule has 0 unspecified atom stereocenters. The van der Waals surface area contributed by atoms with E-state index in [0.717, 1.165) is 44.8 Å². The molecule has 2 aliphatic heterocycles. The fraction of sp³-hybridized carbons (Fsp3) is 0.412. The summed E-state index contributed by atoms with van der Waals surface area (Å²) in [5.41, 5.74) is 1.97. The smallest absolute Gasteiger partial charge is 0.129 e. The number of hydrogen-bond donors (Lipinski definition) is 0. The van der Waals surface area contributed by atoms with Gasteiger partial charge in [-0.25, -0.2) is 4.98 Å². The van der Waals surface area contributed by atoms with Gasteiger partial charge in [0.05, 0.1) is 23.8 Å². The fourth-order valence-electron chi connectivity index (χ4n) is 3.53. The van der Waals surface area contributed by atoms with Crippen LogP contribution in [-0.2, 0) is 16.8 Å². The van der Waals surface area contributed by atoms with Crippen molar-refractivity contribution in [2.75, 3.05) is 24.6 Å². The number of nitrogens with zero attached hydrogens (tertiary/aromatic N) is 3. The topological polar surface area (TPSA) is 49.2 Å². The van der Waals surface area contributed by atoms with E-state index < -0.39 is 0 Å². The largest absolute Gasteiger partial charge is 0.370 e. The first kappa shape index (κ1) is 13.7. The summed E-state index contributed by atoms with van der Waals surface area (Å²) in [6.07, 6.45) is 4.72. The lowest BCUT2D eigenvalue weighted by molar-refractivity contribution is -0.0757. The van der Waals surface area contributed by atoms with Crippen molar-refractivity contribution in [2.24, 2.45) is 0 Å². The van der Waals surface area contributed by atoms with Gasteiger partial charge in [0.2, 0.25) is 0 Å². The number of hydrogen-bond acceptors (Lipinski definition) is 5. The Labute approximate surface area is 134 Å². The van der Waals surface area contributed by atoms with Crippen LogP contribution in [0.15, 0.2) is 29.8 Å². The second-order valence-corrected chi connectivity index (χ2v) is 6.85. The van der Waals surface area contributed by atoms with Crippen molar-refractivity contribution in [1.29, 1.82) is 5.26 Å². The van der Waals surface area contributed by atoms with E-state index >= 15 is 0 Å². The van der Waals surface area contributed by atoms with Gasteiger partial charge in [-0.3, -0.25) is 0 Å². The van der Waals surface area contributed by atoms with Crippen molar-refractivity contribution in [3.05, 3.63) is 45.8 Å². The number of nitriles is 1. The Bertz CT molecular complexity index is 726. The standard InChI is InChI=1S/C17H17N3OS/c18-12-13-1-6-19-16(11-13)20-7-4-17(5-8-20)14-3-10-22-15(14)2-9-21-17/h1,3,6,10-11H,2,4-5,7-9H2. The molecule has 0 radical (unpaired) electrons. The van der Waals surface area contributed by atoms with E-state index in [1.165, 1.54) is 10.4 Å². The number of aromatic nitrogens is 1. The molecule has 1 saturated heterocycles. The molecule has 1 spiro atoms. The second-order valence-electron chi connectivity index (χ2n) is 5.85. The molecule has 0 saturated carbocycles. The number of ether oxygens (including phenoxy) is 1. The summed E-state index contributed by atoms with van der Waals surface area (Å²) in [5, 5.41) is 11.2. The Morgan fingerprint density at radius 2 is 2.18 bits per heavy atom. The summed E-state index contributed by atoms with van der Waals surface area (Å²) in [4.78, 5) is 8.17. The number of rotatable bonds is 1. The zero-order valence-corrected chi connectivity index (χ0v) is 13.1. The third-order valence-corrected chi connectivity index (χ3v) is 5.69. The molecule has 112 valence electrons. The van der Waals surface area contributed by atoms with Crippen LogP contribution in [0.5, 0.6) is 0 Å². The molecule has 0 aromatic carbocycles. The highest BCUT2D eigenvalue weighted by Gasteiger charge is 2.41. The van der Waals surface area contributed by atoms with Crippen molar-refractivity contribution in [2.45, 2.75) is 24.9 Å². The van der Waals surface area contributed by atoms with E-state index in [1.807, 2.05) is 17.4 Å². The Hall–Kier alpha value is -1.90. The average molecular weight is 311 g/mol. The highest BCUT2D eigenvalue weighted by Crippen LogP contribution is 2.43. The molecule has 0 N–H and O–H groups in total. The SMILES string of the molecule is N#Cc1ccnc(N2CCC3(CC2)OCCc2sccc23)c1. The summed E-state index contributed by atoms with van der Waals surface area (Å²) < 4.78 is 6.23. The molecule has 0 atom stereocenters. The number of fused-ring (bicyclic) bond motifs is 2. The van der Waals surface area contributed by atoms with Gasteiger partial charge in [-0.2, -0.15) is 5.26 Å². The summed E-state index contributed by atoms with van der Waals surface area (Å²) in [5.74, 6) is 0.898. The molecule has 4 nitrogen and oxygen atoms in total. The van der Waals surface area contributed by atoms with Gasteiger partial charge >= 0.3 is 0 Å². The molecule has 2 aliphatic rings. The van der Waals surface area contributed by atoms with Crippen LogP contribution in [0.3, 0.4) is 0 Å². The fourth-order valence-corrected chi connectivity index (χ4v) is 4.48. The first-order valence-corrected chi connectivity index (χ1v) is 8.51. The van der Waals surface area contributed by atoms with Crippen molar-refractivity contribution in [1.82, 2.24) is 4.98 Å². The average Bonchev–Trinajstić information content (AvgIpc) is 3.06. The number of anilines is 1. The van der Waals surface area contributed by atoms with Gasteiger partial charge in [-0.1, -0.05) is 0 Å². The number of thiophene rings is 1. The third-order valence-electron chi connectivity index (χ3n) is 4.71. The summed E-state index contributed by atoms with van der Waals surface area (Å²) >= 11 is 1.85. The zero-order valence-electron chi connectivity index (χ0n) is 12.3. The minimum absolute atomic E-state index is 0.100. The normalized spacial score (nSPS) is 19.7. The van der Waals surface area contributed by atoms with E-state index in [-0.39, 0.29) is 5.60 Å². The summed E-state index contributed by atoms with van der Waals surface area (Å²) in [6.45, 7) is 2.66. The van der Waals surface area contributed by atoms with Gasteiger partial charge in [-0.15, -0.1) is 11.3 Å². The molecular formula is C17H17N3OS. The molecule has 4 rings (SSSR count). The molecule has 0 amide bonds. The highest BCUT2D eigenvalue weighted by atomic mass is 32.1. The molecule has 0 aliphatic carbocycles. The number of pyridine rings is 1. The Kier molecular flexibility index (Phi) is 3.36. The van der Waals surface area contributed by atoms with E-state index in [1.54, 1.807) is 12.3 Å². The minimum atomic E-state index is -0.100. The number of piperidine rings is 1. The lowest BCUT2D eigenvalue weighted by atomic mass is 9.82. The molecule has 22 heavy (non-hydrogen) atoms. The summed E-state index contributed by atoms with van der Waals surface area (Å²) in [7, 11) is 0. The minimum Gasteiger partial charge on any atom is -0.370 e. The van der Waals surface area contributed by atoms with Crippen molar-refractivity contribution in [3.63, 3.8) is 0 Å². The van der Waals surface area contributed by atoms with Gasteiger partial charge < -0.3 is 9.64 Å². The van der Waals surface area contributed by atoms with E-state index in [2.05, 4.69) is 27.4 Å². The molecule has 2 aromatic heterocycles. The summed E-state index contributed by atoms with van der Waals surface area (Å²) in [6, 6.07) is 8.04. The maximum atomic E-state index is 9.03. The predicted octanol–water partition coefficient (Wildman–Crippen LogP) is 3.08. The molecule has 4 heterocycles. The zero-order chi connectivity index (χ0) is 15.0. The lowest BCUT2D eigenvalue weighted by Crippen LogP contribution is -2.46. The molecular weight excluding hydrogens is 294 g/mol. The van der Waals surface area contributed by atoms with Crippen LogP contribution in [0, 0.1) is 11.3 Å². The van der Waals surface area contributed by atoms with Crippen LogP contribution in [0.1, 0.15) is 28.8 Å². The Balaban J connectivity index is 1.55. The molecule has 5 heteroatoms. The van der Waals surface area contributed by atoms with E-state index in [4.69, 9.17) is 10.00 Å². The van der Waals surface area contributed by atoms with Crippen LogP contribution in [0.4, 0.5) is 5.82 Å². The maximum absolute atomic E-state index is 9.03. The van der Waals surface area contributed by atoms with Crippen LogP contribution >= 0.6 is 11.3 Å². The first-order chi connectivity index (χ1) is 10.8. The Morgan fingerprint density at radius 3 is 3.00 bits per heavy atom.